The van der Waals surface area contributed by atoms with Gasteiger partial charge in [-0.05, 0) is 52.9 Å². The second kappa shape index (κ2) is 8.71. The van der Waals surface area contributed by atoms with Crippen LogP contribution in [0.3, 0.4) is 0 Å². The molecule has 2 aromatic heterocycles. The number of benzene rings is 1. The van der Waals surface area contributed by atoms with Crippen LogP contribution in [0.1, 0.15) is 33.7 Å². The molecule has 0 atom stereocenters. The summed E-state index contributed by atoms with van der Waals surface area (Å²) in [6.45, 7) is 1.34. The summed E-state index contributed by atoms with van der Waals surface area (Å²) in [6.07, 6.45) is 2.64. The quantitative estimate of drug-likeness (QED) is 0.577. The zero-order valence-electron chi connectivity index (χ0n) is 15.5. The molecule has 1 aliphatic rings. The Bertz CT molecular complexity index is 913. The molecular weight excluding hydrogens is 388 g/mol. The van der Waals surface area contributed by atoms with Gasteiger partial charge in [0.25, 0.3) is 0 Å². The van der Waals surface area contributed by atoms with Crippen molar-refractivity contribution in [2.75, 3.05) is 5.32 Å². The molecule has 0 radical (unpaired) electrons. The van der Waals surface area contributed by atoms with Crippen molar-refractivity contribution in [1.29, 1.82) is 0 Å². The van der Waals surface area contributed by atoms with Crippen LogP contribution in [0.5, 0.6) is 0 Å². The highest BCUT2D eigenvalue weighted by Gasteiger charge is 2.18. The van der Waals surface area contributed by atoms with Crippen LogP contribution in [0.25, 0.3) is 0 Å². The maximum absolute atomic E-state index is 12.9. The van der Waals surface area contributed by atoms with E-state index >= 15 is 0 Å². The van der Waals surface area contributed by atoms with Gasteiger partial charge in [0.2, 0.25) is 11.8 Å². The molecule has 144 valence electrons. The van der Waals surface area contributed by atoms with Crippen LogP contribution in [-0.2, 0) is 35.5 Å². The lowest BCUT2D eigenvalue weighted by molar-refractivity contribution is -0.132. The van der Waals surface area contributed by atoms with Gasteiger partial charge < -0.3 is 10.2 Å². The molecule has 0 saturated heterocycles. The van der Waals surface area contributed by atoms with Gasteiger partial charge in [-0.1, -0.05) is 24.3 Å². The Balaban J connectivity index is 1.34. The number of aryl methyl sites for hydroxylation is 1. The summed E-state index contributed by atoms with van der Waals surface area (Å²) < 4.78 is 0. The van der Waals surface area contributed by atoms with Crippen LogP contribution in [0, 0.1) is 0 Å². The lowest BCUT2D eigenvalue weighted by atomic mass is 10.0. The van der Waals surface area contributed by atoms with Crippen molar-refractivity contribution in [3.63, 3.8) is 0 Å². The second-order valence-corrected chi connectivity index (χ2v) is 9.04. The maximum Gasteiger partial charge on any atom is 0.228 e. The van der Waals surface area contributed by atoms with Gasteiger partial charge in [-0.15, -0.1) is 22.7 Å². The fourth-order valence-corrected chi connectivity index (χ4v) is 4.89. The third-order valence-corrected chi connectivity index (χ3v) is 6.58. The molecule has 28 heavy (non-hydrogen) atoms. The van der Waals surface area contributed by atoms with Crippen molar-refractivity contribution in [2.24, 2.45) is 0 Å². The number of fused-ring (bicyclic) bond motifs is 1. The first kappa shape index (κ1) is 18.9. The predicted molar refractivity (Wildman–Crippen MR) is 115 cm³/mol. The summed E-state index contributed by atoms with van der Waals surface area (Å²) in [5.41, 5.74) is 3.17. The average molecular weight is 411 g/mol. The molecule has 0 bridgehead atoms. The number of anilines is 1. The van der Waals surface area contributed by atoms with E-state index in [2.05, 4.69) is 34.3 Å². The van der Waals surface area contributed by atoms with E-state index in [1.54, 1.807) is 22.7 Å². The first-order chi connectivity index (χ1) is 13.7. The topological polar surface area (TPSA) is 49.4 Å². The lowest BCUT2D eigenvalue weighted by Crippen LogP contribution is -2.29. The van der Waals surface area contributed by atoms with Gasteiger partial charge in [0, 0.05) is 21.9 Å². The Morgan fingerprint density at radius 2 is 1.75 bits per heavy atom. The summed E-state index contributed by atoms with van der Waals surface area (Å²) >= 11 is 3.38. The highest BCUT2D eigenvalue weighted by atomic mass is 32.1. The van der Waals surface area contributed by atoms with E-state index < -0.39 is 0 Å². The minimum absolute atomic E-state index is 0.0557. The molecule has 0 fully saturated rings. The van der Waals surface area contributed by atoms with Crippen LogP contribution in [0.4, 0.5) is 5.69 Å². The smallest absolute Gasteiger partial charge is 0.228 e. The molecule has 0 saturated carbocycles. The van der Waals surface area contributed by atoms with Crippen molar-refractivity contribution in [3.05, 3.63) is 74.1 Å². The Labute approximate surface area is 172 Å². The van der Waals surface area contributed by atoms with Crippen molar-refractivity contribution in [3.8, 4) is 0 Å². The van der Waals surface area contributed by atoms with E-state index in [-0.39, 0.29) is 11.8 Å². The van der Waals surface area contributed by atoms with Crippen molar-refractivity contribution >= 4 is 40.2 Å². The van der Waals surface area contributed by atoms with E-state index in [1.165, 1.54) is 15.3 Å². The van der Waals surface area contributed by atoms with Gasteiger partial charge in [-0.2, -0.15) is 0 Å². The molecule has 0 spiro atoms. The average Bonchev–Trinajstić information content (AvgIpc) is 3.42. The van der Waals surface area contributed by atoms with Gasteiger partial charge in [0.05, 0.1) is 19.5 Å². The van der Waals surface area contributed by atoms with Gasteiger partial charge in [0.1, 0.15) is 0 Å². The van der Waals surface area contributed by atoms with Gasteiger partial charge in [-0.3, -0.25) is 9.59 Å². The number of carbonyl (C=O) groups excluding carboxylic acids is 2. The van der Waals surface area contributed by atoms with Gasteiger partial charge in [0.15, 0.2) is 0 Å². The Morgan fingerprint density at radius 3 is 2.39 bits per heavy atom. The van der Waals surface area contributed by atoms with Gasteiger partial charge in [-0.25, -0.2) is 0 Å². The van der Waals surface area contributed by atoms with Crippen molar-refractivity contribution in [2.45, 2.75) is 38.8 Å². The first-order valence-corrected chi connectivity index (χ1v) is 11.2. The van der Waals surface area contributed by atoms with E-state index in [4.69, 9.17) is 0 Å². The third-order valence-electron chi connectivity index (χ3n) is 4.86. The summed E-state index contributed by atoms with van der Waals surface area (Å²) in [5.74, 6) is 0.250. The van der Waals surface area contributed by atoms with E-state index in [1.807, 2.05) is 29.2 Å². The molecular formula is C22H22N2O2S2. The Morgan fingerprint density at radius 1 is 1.04 bits per heavy atom. The minimum atomic E-state index is 0.0557. The SMILES string of the molecule is O=C1Cc2cc(CCCC(=O)N(Cc3cccs3)Cc3cccs3)ccc2N1. The highest BCUT2D eigenvalue weighted by molar-refractivity contribution is 7.10. The summed E-state index contributed by atoms with van der Waals surface area (Å²) in [4.78, 5) is 28.8. The number of carbonyl (C=O) groups is 2. The van der Waals surface area contributed by atoms with Crippen LogP contribution < -0.4 is 5.32 Å². The summed E-state index contributed by atoms with van der Waals surface area (Å²) in [5, 5.41) is 6.96. The lowest BCUT2D eigenvalue weighted by Gasteiger charge is -2.21. The molecule has 0 unspecified atom stereocenters. The monoisotopic (exact) mass is 410 g/mol. The second-order valence-electron chi connectivity index (χ2n) is 6.98. The fraction of sp³-hybridized carbons (Fsp3) is 0.273. The molecule has 2 amide bonds. The van der Waals surface area contributed by atoms with Crippen molar-refractivity contribution in [1.82, 2.24) is 4.90 Å². The van der Waals surface area contributed by atoms with Crippen LogP contribution in [0.15, 0.2) is 53.2 Å². The van der Waals surface area contributed by atoms with Crippen LogP contribution in [-0.4, -0.2) is 16.7 Å². The number of thiophene rings is 2. The minimum Gasteiger partial charge on any atom is -0.332 e. The molecule has 3 aromatic rings. The maximum atomic E-state index is 12.9. The number of amides is 2. The Kier molecular flexibility index (Phi) is 5.88. The third kappa shape index (κ3) is 4.69. The van der Waals surface area contributed by atoms with E-state index in [0.29, 0.717) is 25.9 Å². The predicted octanol–water partition coefficient (Wildman–Crippen LogP) is 4.86. The molecule has 0 aliphatic carbocycles. The van der Waals surface area contributed by atoms with Crippen LogP contribution >= 0.6 is 22.7 Å². The normalized spacial score (nSPS) is 12.6. The largest absolute Gasteiger partial charge is 0.332 e. The fourth-order valence-electron chi connectivity index (χ4n) is 3.45. The standard InChI is InChI=1S/C22H22N2O2S2/c25-21-13-17-12-16(8-9-20(17)23-21)4-1-7-22(26)24(14-18-5-2-10-27-18)15-19-6-3-11-28-19/h2-3,5-6,8-12H,1,4,7,13-15H2,(H,23,25). The number of hydrogen-bond acceptors (Lipinski definition) is 4. The number of hydrogen-bond donors (Lipinski definition) is 1. The zero-order chi connectivity index (χ0) is 19.3. The molecule has 4 nitrogen and oxygen atoms in total. The Hall–Kier alpha value is -2.44. The van der Waals surface area contributed by atoms with E-state index in [0.717, 1.165) is 24.1 Å². The van der Waals surface area contributed by atoms with Gasteiger partial charge >= 0.3 is 0 Å². The molecule has 3 heterocycles. The van der Waals surface area contributed by atoms with Crippen molar-refractivity contribution < 1.29 is 9.59 Å². The highest BCUT2D eigenvalue weighted by Crippen LogP contribution is 2.25. The molecule has 1 aromatic carbocycles. The summed E-state index contributed by atoms with van der Waals surface area (Å²) in [7, 11) is 0. The number of rotatable bonds is 8. The molecule has 6 heteroatoms. The molecule has 1 N–H and O–H groups in total. The molecule has 4 rings (SSSR count). The molecule has 1 aliphatic heterocycles. The number of nitrogens with zero attached hydrogens (tertiary/aromatic N) is 1. The van der Waals surface area contributed by atoms with Crippen LogP contribution in [0.2, 0.25) is 0 Å². The number of nitrogens with one attached hydrogen (secondary N) is 1. The van der Waals surface area contributed by atoms with E-state index in [9.17, 15) is 9.59 Å². The summed E-state index contributed by atoms with van der Waals surface area (Å²) in [6, 6.07) is 14.3. The zero-order valence-corrected chi connectivity index (χ0v) is 17.2. The first-order valence-electron chi connectivity index (χ1n) is 9.41.